The number of hydrogen-bond acceptors (Lipinski definition) is 9. The van der Waals surface area contributed by atoms with Gasteiger partial charge in [-0.25, -0.2) is 24.4 Å². The van der Waals surface area contributed by atoms with Crippen LogP contribution in [0.3, 0.4) is 0 Å². The van der Waals surface area contributed by atoms with E-state index in [2.05, 4.69) is 45.7 Å². The first-order chi connectivity index (χ1) is 19.4. The van der Waals surface area contributed by atoms with E-state index < -0.39 is 5.82 Å². The van der Waals surface area contributed by atoms with Gasteiger partial charge in [0.1, 0.15) is 29.2 Å². The summed E-state index contributed by atoms with van der Waals surface area (Å²) < 4.78 is 27.4. The number of ether oxygens (including phenoxy) is 2. The number of aromatic nitrogens is 3. The summed E-state index contributed by atoms with van der Waals surface area (Å²) in [7, 11) is 0. The Balaban J connectivity index is 1.43. The van der Waals surface area contributed by atoms with Gasteiger partial charge in [0.05, 0.1) is 23.5 Å². The number of benzene rings is 1. The fraction of sp³-hybridized carbons (Fsp3) is 0.333. The van der Waals surface area contributed by atoms with Crippen molar-refractivity contribution in [2.24, 2.45) is 11.0 Å². The summed E-state index contributed by atoms with van der Waals surface area (Å²) >= 11 is 0. The summed E-state index contributed by atoms with van der Waals surface area (Å²) in [4.78, 5) is 16.0. The summed E-state index contributed by atoms with van der Waals surface area (Å²) in [6, 6.07) is 4.94. The van der Waals surface area contributed by atoms with Crippen LogP contribution >= 0.6 is 0 Å². The van der Waals surface area contributed by atoms with Crippen LogP contribution in [0.2, 0.25) is 0 Å². The Bertz CT molecular complexity index is 1520. The fourth-order valence-electron chi connectivity index (χ4n) is 4.62. The Morgan fingerprint density at radius 1 is 1.30 bits per heavy atom. The second kappa shape index (κ2) is 11.7. The molecule has 2 aliphatic heterocycles. The molecule has 0 radical (unpaired) electrons. The first-order valence-corrected chi connectivity index (χ1v) is 13.5. The zero-order valence-corrected chi connectivity index (χ0v) is 23.3. The number of hydrogen-bond donors (Lipinski definition) is 1. The van der Waals surface area contributed by atoms with Gasteiger partial charge in [0.15, 0.2) is 17.4 Å². The summed E-state index contributed by atoms with van der Waals surface area (Å²) in [5.74, 6) is 2.69. The average molecular weight is 544 g/mol. The lowest BCUT2D eigenvalue weighted by molar-refractivity contribution is 0.273. The van der Waals surface area contributed by atoms with Gasteiger partial charge in [0.25, 0.3) is 0 Å². The Hall–Kier alpha value is -4.47. The molecule has 1 N–H and O–H groups in total. The van der Waals surface area contributed by atoms with Gasteiger partial charge in [-0.1, -0.05) is 26.8 Å². The van der Waals surface area contributed by atoms with Crippen LogP contribution in [0.15, 0.2) is 66.0 Å². The van der Waals surface area contributed by atoms with E-state index in [-0.39, 0.29) is 5.69 Å². The number of fused-ring (bicyclic) bond motifs is 2. The Morgan fingerprint density at radius 2 is 2.15 bits per heavy atom. The number of pyridine rings is 1. The molecule has 0 spiro atoms. The lowest BCUT2D eigenvalue weighted by Gasteiger charge is -2.24. The molecule has 9 nitrogen and oxygen atoms in total. The number of nitrogens with zero attached hydrogens (tertiary/aromatic N) is 6. The third-order valence-electron chi connectivity index (χ3n) is 6.66. The van der Waals surface area contributed by atoms with Crippen LogP contribution < -0.4 is 19.7 Å². The van der Waals surface area contributed by atoms with Crippen molar-refractivity contribution in [2.75, 3.05) is 29.9 Å². The van der Waals surface area contributed by atoms with Crippen molar-refractivity contribution in [3.05, 3.63) is 72.3 Å². The Morgan fingerprint density at radius 3 is 2.92 bits per heavy atom. The summed E-state index contributed by atoms with van der Waals surface area (Å²) in [6.07, 6.45) is 10.5. The predicted molar refractivity (Wildman–Crippen MR) is 157 cm³/mol. The maximum atomic E-state index is 15.4. The van der Waals surface area contributed by atoms with Gasteiger partial charge in [-0.2, -0.15) is 5.10 Å². The number of rotatable bonds is 8. The van der Waals surface area contributed by atoms with Crippen molar-refractivity contribution >= 4 is 34.6 Å². The summed E-state index contributed by atoms with van der Waals surface area (Å²) in [6.45, 7) is 14.3. The topological polar surface area (TPSA) is 88.0 Å². The molecule has 1 aromatic carbocycles. The molecule has 4 heterocycles. The molecule has 5 rings (SSSR count). The third-order valence-corrected chi connectivity index (χ3v) is 6.66. The molecular weight excluding hydrogens is 509 g/mol. The highest BCUT2D eigenvalue weighted by molar-refractivity contribution is 5.90. The van der Waals surface area contributed by atoms with Gasteiger partial charge in [-0.15, -0.1) is 0 Å². The molecule has 1 unspecified atom stereocenters. The van der Waals surface area contributed by atoms with Crippen molar-refractivity contribution in [1.82, 2.24) is 20.0 Å². The van der Waals surface area contributed by atoms with Gasteiger partial charge < -0.3 is 19.7 Å². The zero-order valence-electron chi connectivity index (χ0n) is 23.3. The molecule has 3 aromatic rings. The van der Waals surface area contributed by atoms with Crippen molar-refractivity contribution < 1.29 is 13.9 Å². The van der Waals surface area contributed by atoms with E-state index in [1.54, 1.807) is 35.6 Å². The fourth-order valence-corrected chi connectivity index (χ4v) is 4.62. The van der Waals surface area contributed by atoms with E-state index in [9.17, 15) is 0 Å². The van der Waals surface area contributed by atoms with E-state index in [1.807, 2.05) is 19.9 Å². The minimum absolute atomic E-state index is 0.260. The van der Waals surface area contributed by atoms with Crippen molar-refractivity contribution in [2.45, 2.75) is 40.5 Å². The highest BCUT2D eigenvalue weighted by atomic mass is 19.1. The van der Waals surface area contributed by atoms with E-state index in [4.69, 9.17) is 14.5 Å². The largest absolute Gasteiger partial charge is 0.489 e. The third kappa shape index (κ3) is 5.75. The van der Waals surface area contributed by atoms with Gasteiger partial charge >= 0.3 is 0 Å². The number of halogens is 1. The molecule has 0 bridgehead atoms. The molecule has 1 atom stereocenters. The monoisotopic (exact) mass is 543 g/mol. The van der Waals surface area contributed by atoms with Crippen LogP contribution in [0, 0.1) is 18.7 Å². The molecule has 2 aliphatic rings. The number of nitrogens with one attached hydrogen (secondary N) is 1. The molecule has 10 heteroatoms. The Labute approximate surface area is 233 Å². The van der Waals surface area contributed by atoms with Crippen molar-refractivity contribution in [1.29, 1.82) is 0 Å². The van der Waals surface area contributed by atoms with E-state index in [0.29, 0.717) is 52.3 Å². The number of allylic oxidation sites excluding steroid dienone is 2. The van der Waals surface area contributed by atoms with Crippen LogP contribution in [-0.2, 0) is 0 Å². The van der Waals surface area contributed by atoms with E-state index in [1.165, 1.54) is 12.4 Å². The SMILES string of the molecule is C=C1C=C(Oc2cc(F)c(Nc3ncnc4cc5c(nc34)N(CCCC)CC(C)CO5)cc2C)C=CN1/N=C\C. The first-order valence-electron chi connectivity index (χ1n) is 13.5. The highest BCUT2D eigenvalue weighted by Crippen LogP contribution is 2.36. The van der Waals surface area contributed by atoms with Crippen LogP contribution in [0.1, 0.15) is 39.2 Å². The predicted octanol–water partition coefficient (Wildman–Crippen LogP) is 6.46. The number of hydrazone groups is 1. The van der Waals surface area contributed by atoms with Crippen molar-refractivity contribution in [3.63, 3.8) is 0 Å². The second-order valence-electron chi connectivity index (χ2n) is 10.0. The second-order valence-corrected chi connectivity index (χ2v) is 10.0. The van der Waals surface area contributed by atoms with Gasteiger partial charge in [-0.3, -0.25) is 0 Å². The molecule has 208 valence electrons. The van der Waals surface area contributed by atoms with E-state index in [0.717, 1.165) is 37.3 Å². The van der Waals surface area contributed by atoms with Crippen LogP contribution in [0.4, 0.5) is 21.7 Å². The zero-order chi connectivity index (χ0) is 28.2. The molecule has 0 amide bonds. The minimum Gasteiger partial charge on any atom is -0.489 e. The average Bonchev–Trinajstić information content (AvgIpc) is 3.09. The molecule has 0 fully saturated rings. The quantitative estimate of drug-likeness (QED) is 0.324. The molecular formula is C30H34FN7O2. The molecule has 0 aliphatic carbocycles. The molecule has 0 saturated carbocycles. The highest BCUT2D eigenvalue weighted by Gasteiger charge is 2.24. The lowest BCUT2D eigenvalue weighted by Crippen LogP contribution is -2.30. The van der Waals surface area contributed by atoms with Gasteiger partial charge in [-0.05, 0) is 38.0 Å². The van der Waals surface area contributed by atoms with Crippen LogP contribution in [0.25, 0.3) is 11.0 Å². The number of unbranched alkanes of at least 4 members (excludes halogenated alkanes) is 1. The summed E-state index contributed by atoms with van der Waals surface area (Å²) in [5, 5.41) is 8.95. The molecule has 2 aromatic heterocycles. The van der Waals surface area contributed by atoms with Crippen LogP contribution in [-0.4, -0.2) is 45.9 Å². The standard InChI is InChI=1S/C30H34FN7O2/c1-6-8-10-37-16-19(3)17-39-27-15-25-28(36-30(27)37)29(33-18-32-25)35-24-12-20(4)26(14-23(24)31)40-22-9-11-38(34-7-2)21(5)13-22/h7,9,11-15,18-19H,5-6,8,10,16-17H2,1-4H3,(H,32,33,35)/b34-7-. The molecule has 40 heavy (non-hydrogen) atoms. The van der Waals surface area contributed by atoms with Crippen LogP contribution in [0.5, 0.6) is 11.5 Å². The Kier molecular flexibility index (Phi) is 7.95. The maximum Gasteiger partial charge on any atom is 0.172 e. The first kappa shape index (κ1) is 27.1. The van der Waals surface area contributed by atoms with Gasteiger partial charge in [0.2, 0.25) is 0 Å². The van der Waals surface area contributed by atoms with E-state index >= 15 is 4.39 Å². The normalized spacial score (nSPS) is 17.1. The minimum atomic E-state index is -0.486. The van der Waals surface area contributed by atoms with Crippen molar-refractivity contribution in [3.8, 4) is 11.5 Å². The number of anilines is 3. The maximum absolute atomic E-state index is 15.4. The lowest BCUT2D eigenvalue weighted by atomic mass is 10.1. The summed E-state index contributed by atoms with van der Waals surface area (Å²) in [5.41, 5.74) is 2.81. The van der Waals surface area contributed by atoms with Gasteiger partial charge in [0, 0.05) is 49.6 Å². The molecule has 0 saturated heterocycles. The number of aryl methyl sites for hydroxylation is 1. The smallest absolute Gasteiger partial charge is 0.172 e.